The quantitative estimate of drug-likeness (QED) is 0.324. The van der Waals surface area contributed by atoms with Gasteiger partial charge in [-0.1, -0.05) is 12.1 Å². The van der Waals surface area contributed by atoms with Crippen LogP contribution in [0.3, 0.4) is 0 Å². The molecule has 3 nitrogen and oxygen atoms in total. The van der Waals surface area contributed by atoms with Gasteiger partial charge in [0.25, 0.3) is 10.1 Å². The lowest BCUT2D eigenvalue weighted by Gasteiger charge is -2.00. The molecule has 0 radical (unpaired) electrons. The van der Waals surface area contributed by atoms with Crippen molar-refractivity contribution in [2.45, 2.75) is 6.18 Å². The fourth-order valence-corrected chi connectivity index (χ4v) is 5.15. The average Bonchev–Trinajstić information content (AvgIpc) is 2.73. The highest BCUT2D eigenvalue weighted by Gasteiger charge is 2.34. The maximum absolute atomic E-state index is 13.1. The lowest BCUT2D eigenvalue weighted by molar-refractivity contribution is -0.589. The van der Waals surface area contributed by atoms with Crippen molar-refractivity contribution in [1.82, 2.24) is 0 Å². The van der Waals surface area contributed by atoms with Crippen molar-refractivity contribution < 1.29 is 51.7 Å². The third-order valence-electron chi connectivity index (χ3n) is 2.64. The molecule has 0 saturated carbocycles. The van der Waals surface area contributed by atoms with Gasteiger partial charge in [-0.05, 0) is 30.3 Å². The van der Waals surface area contributed by atoms with Crippen LogP contribution in [0.15, 0.2) is 42.5 Å². The van der Waals surface area contributed by atoms with Gasteiger partial charge >= 0.3 is 27.4 Å². The van der Waals surface area contributed by atoms with E-state index >= 15 is 0 Å². The van der Waals surface area contributed by atoms with Gasteiger partial charge in [-0.3, -0.25) is 4.55 Å². The van der Waals surface area contributed by atoms with Crippen LogP contribution in [0.4, 0.5) is 17.6 Å². The van der Waals surface area contributed by atoms with E-state index in [0.717, 1.165) is 5.56 Å². The minimum atomic E-state index is -4.91. The first-order chi connectivity index (χ1) is 10.6. The Bertz CT molecular complexity index is 819. The van der Waals surface area contributed by atoms with E-state index in [2.05, 4.69) is 18.2 Å². The van der Waals surface area contributed by atoms with Crippen molar-refractivity contribution in [2.75, 3.05) is 5.75 Å². The third-order valence-corrected chi connectivity index (χ3v) is 6.38. The number of benzene rings is 2. The number of halogens is 5. The molecule has 0 atom stereocenters. The monoisotopic (exact) mass is 461 g/mol. The molecule has 9 heteroatoms. The molecular weight excluding hydrogens is 451 g/mol. The summed E-state index contributed by atoms with van der Waals surface area (Å²) in [5.74, 6) is -2.32. The molecule has 23 heavy (non-hydrogen) atoms. The Balaban J connectivity index is 0.000000188. The SMILES string of the molecule is Fc1ccc2c(c1)-c1ccccc1[I+]2.O=S(=O)(O)CC(F)(F)F. The lowest BCUT2D eigenvalue weighted by Crippen LogP contribution is -3.61. The van der Waals surface area contributed by atoms with Gasteiger partial charge in [-0.15, -0.1) is 0 Å². The molecule has 0 bridgehead atoms. The Hall–Kier alpha value is -1.20. The van der Waals surface area contributed by atoms with Crippen LogP contribution in [0.25, 0.3) is 11.1 Å². The van der Waals surface area contributed by atoms with Crippen LogP contribution in [0.5, 0.6) is 0 Å². The molecule has 1 N–H and O–H groups in total. The minimum Gasteiger partial charge on any atom is -0.285 e. The van der Waals surface area contributed by atoms with Crippen LogP contribution in [0, 0.1) is 13.0 Å². The van der Waals surface area contributed by atoms with Crippen molar-refractivity contribution in [2.24, 2.45) is 0 Å². The maximum atomic E-state index is 13.1. The Labute approximate surface area is 140 Å². The molecular formula is C14H10F4IO3S+. The molecule has 1 heterocycles. The molecule has 2 aromatic rings. The molecule has 124 valence electrons. The van der Waals surface area contributed by atoms with E-state index in [-0.39, 0.29) is 27.0 Å². The van der Waals surface area contributed by atoms with E-state index in [1.807, 2.05) is 12.1 Å². The van der Waals surface area contributed by atoms with E-state index < -0.39 is 22.0 Å². The largest absolute Gasteiger partial charge is 0.405 e. The normalized spacial score (nSPS) is 12.9. The highest BCUT2D eigenvalue weighted by Crippen LogP contribution is 2.22. The average molecular weight is 461 g/mol. The molecule has 2 aromatic carbocycles. The molecule has 1 aliphatic heterocycles. The lowest BCUT2D eigenvalue weighted by atomic mass is 10.1. The molecule has 3 rings (SSSR count). The van der Waals surface area contributed by atoms with Gasteiger partial charge < -0.3 is 0 Å². The Morgan fingerprint density at radius 1 is 1.00 bits per heavy atom. The van der Waals surface area contributed by atoms with Gasteiger partial charge in [0.2, 0.25) is 7.14 Å². The van der Waals surface area contributed by atoms with Gasteiger partial charge in [0.1, 0.15) is 5.82 Å². The van der Waals surface area contributed by atoms with Gasteiger partial charge in [-0.25, -0.2) is 4.39 Å². The highest BCUT2D eigenvalue weighted by atomic mass is 127. The number of rotatable bonds is 1. The molecule has 0 saturated heterocycles. The van der Waals surface area contributed by atoms with Crippen LogP contribution in [-0.4, -0.2) is 24.9 Å². The molecule has 0 unspecified atom stereocenters. The predicted octanol–water partition coefficient (Wildman–Crippen LogP) is 0.371. The second-order valence-electron chi connectivity index (χ2n) is 4.54. The van der Waals surface area contributed by atoms with E-state index in [1.54, 1.807) is 12.1 Å². The van der Waals surface area contributed by atoms with E-state index in [4.69, 9.17) is 4.55 Å². The van der Waals surface area contributed by atoms with Crippen LogP contribution in [-0.2, 0) is 10.1 Å². The first-order valence-corrected chi connectivity index (χ1v) is 9.87. The van der Waals surface area contributed by atoms with Crippen LogP contribution in [0.2, 0.25) is 0 Å². The van der Waals surface area contributed by atoms with E-state index in [9.17, 15) is 26.0 Å². The summed E-state index contributed by atoms with van der Waals surface area (Å²) in [5.41, 5.74) is 2.34. The molecule has 0 amide bonds. The summed E-state index contributed by atoms with van der Waals surface area (Å²) in [7, 11) is -4.91. The third kappa shape index (κ3) is 5.43. The van der Waals surface area contributed by atoms with Gasteiger partial charge in [0.15, 0.2) is 5.75 Å². The molecule has 0 spiro atoms. The smallest absolute Gasteiger partial charge is 0.285 e. The number of fused-ring (bicyclic) bond motifs is 3. The summed E-state index contributed by atoms with van der Waals surface area (Å²) in [6.45, 7) is 0. The number of alkyl halides is 3. The topological polar surface area (TPSA) is 54.4 Å². The Morgan fingerprint density at radius 2 is 1.61 bits per heavy atom. The zero-order chi connectivity index (χ0) is 17.3. The van der Waals surface area contributed by atoms with Crippen LogP contribution < -0.4 is 21.2 Å². The zero-order valence-corrected chi connectivity index (χ0v) is 14.3. The fraction of sp³-hybridized carbons (Fsp3) is 0.143. The molecule has 0 aliphatic carbocycles. The first-order valence-electron chi connectivity index (χ1n) is 6.11. The van der Waals surface area contributed by atoms with Gasteiger partial charge in [-0.2, -0.15) is 21.6 Å². The molecule has 1 aliphatic rings. The Kier molecular flexibility index (Phi) is 5.31. The molecule has 0 aromatic heterocycles. The summed E-state index contributed by atoms with van der Waals surface area (Å²) < 4.78 is 75.4. The van der Waals surface area contributed by atoms with Crippen molar-refractivity contribution in [3.05, 3.63) is 55.4 Å². The fourth-order valence-electron chi connectivity index (χ4n) is 1.86. The second kappa shape index (κ2) is 6.73. The zero-order valence-electron chi connectivity index (χ0n) is 11.3. The standard InChI is InChI=1S/C12H7FI.C2H3F3O3S/c13-8-5-6-12-10(7-8)9-3-1-2-4-11(9)14-12;3-2(4,5)1-9(6,7)8/h1-7H;1H2,(H,6,7,8)/q+1;. The number of hydrogen-bond acceptors (Lipinski definition) is 2. The number of hydrogen-bond donors (Lipinski definition) is 1. The summed E-state index contributed by atoms with van der Waals surface area (Å²) >= 11 is -0.0767. The van der Waals surface area contributed by atoms with E-state index in [0.29, 0.717) is 0 Å². The van der Waals surface area contributed by atoms with Gasteiger partial charge in [0.05, 0.1) is 0 Å². The summed E-state index contributed by atoms with van der Waals surface area (Å²) in [6.07, 6.45) is -4.85. The second-order valence-corrected chi connectivity index (χ2v) is 8.86. The summed E-state index contributed by atoms with van der Waals surface area (Å²) in [6, 6.07) is 13.5. The first kappa shape index (κ1) is 18.1. The van der Waals surface area contributed by atoms with E-state index in [1.165, 1.54) is 12.7 Å². The maximum Gasteiger partial charge on any atom is 0.405 e. The Morgan fingerprint density at radius 3 is 2.17 bits per heavy atom. The highest BCUT2D eigenvalue weighted by molar-refractivity contribution is 7.85. The van der Waals surface area contributed by atoms with Crippen molar-refractivity contribution in [1.29, 1.82) is 0 Å². The van der Waals surface area contributed by atoms with Crippen molar-refractivity contribution in [3.63, 3.8) is 0 Å². The van der Waals surface area contributed by atoms with Crippen LogP contribution >= 0.6 is 0 Å². The summed E-state index contributed by atoms with van der Waals surface area (Å²) in [4.78, 5) is 0. The predicted molar refractivity (Wildman–Crippen MR) is 71.7 cm³/mol. The van der Waals surface area contributed by atoms with Gasteiger partial charge in [0, 0.05) is 11.1 Å². The minimum absolute atomic E-state index is 0.0767. The van der Waals surface area contributed by atoms with Crippen molar-refractivity contribution >= 4 is 10.1 Å². The summed E-state index contributed by atoms with van der Waals surface area (Å²) in [5, 5.41) is 0. The van der Waals surface area contributed by atoms with Crippen molar-refractivity contribution in [3.8, 4) is 11.1 Å². The van der Waals surface area contributed by atoms with Crippen LogP contribution in [0.1, 0.15) is 0 Å². The molecule has 0 fully saturated rings.